The number of nitrogens with one attached hydrogen (secondary N) is 1. The highest BCUT2D eigenvalue weighted by Gasteiger charge is 2.22. The first-order chi connectivity index (χ1) is 13.2. The van der Waals surface area contributed by atoms with Crippen LogP contribution < -0.4 is 10.2 Å². The maximum absolute atomic E-state index is 12.3. The molecule has 1 aliphatic heterocycles. The average Bonchev–Trinajstić information content (AvgIpc) is 3.29. The minimum Gasteiger partial charge on any atom is -0.423 e. The first-order valence-corrected chi connectivity index (χ1v) is 9.98. The van der Waals surface area contributed by atoms with Crippen LogP contribution in [-0.4, -0.2) is 58.7 Å². The lowest BCUT2D eigenvalue weighted by Crippen LogP contribution is -2.48. The smallest absolute Gasteiger partial charge is 0.298 e. The van der Waals surface area contributed by atoms with Gasteiger partial charge in [-0.3, -0.25) is 15.0 Å². The Morgan fingerprint density at radius 3 is 2.81 bits per heavy atom. The van der Waals surface area contributed by atoms with E-state index < -0.39 is 0 Å². The van der Waals surface area contributed by atoms with Gasteiger partial charge in [0.05, 0.1) is 6.54 Å². The quantitative estimate of drug-likeness (QED) is 0.696. The third kappa shape index (κ3) is 4.25. The molecule has 1 N–H and O–H groups in total. The summed E-state index contributed by atoms with van der Waals surface area (Å²) in [6, 6.07) is 8.41. The van der Waals surface area contributed by atoms with Gasteiger partial charge in [0.2, 0.25) is 11.0 Å². The van der Waals surface area contributed by atoms with Gasteiger partial charge in [0.25, 0.3) is 6.01 Å². The van der Waals surface area contributed by atoms with E-state index in [1.165, 1.54) is 11.3 Å². The summed E-state index contributed by atoms with van der Waals surface area (Å²) in [5.41, 5.74) is 1.67. The number of amides is 1. The van der Waals surface area contributed by atoms with Crippen molar-refractivity contribution in [3.05, 3.63) is 29.3 Å². The monoisotopic (exact) mass is 386 g/mol. The lowest BCUT2D eigenvalue weighted by Gasteiger charge is -2.33. The molecule has 0 atom stereocenters. The zero-order valence-electron chi connectivity index (χ0n) is 15.2. The molecule has 3 heterocycles. The highest BCUT2D eigenvalue weighted by atomic mass is 32.1. The molecule has 2 aromatic heterocycles. The molecule has 1 aromatic carbocycles. The first-order valence-electron chi connectivity index (χ1n) is 9.16. The normalized spacial score (nSPS) is 15.4. The van der Waals surface area contributed by atoms with Crippen molar-refractivity contribution in [2.75, 3.05) is 42.9 Å². The summed E-state index contributed by atoms with van der Waals surface area (Å²) in [6.45, 7) is 5.57. The summed E-state index contributed by atoms with van der Waals surface area (Å²) in [4.78, 5) is 21.1. The number of hydrogen-bond acceptors (Lipinski definition) is 8. The standard InChI is InChI=1S/C18H22N6O2S/c1-2-5-16-21-22-17(27-16)20-15(25)12-23-8-10-24(11-9-23)18-19-13-6-3-4-7-14(13)26-18/h3-4,6-7H,2,5,8-12H2,1H3,(H,20,22,25). The molecule has 1 aliphatic rings. The molecule has 0 saturated carbocycles. The molecular formula is C18H22N6O2S. The second kappa shape index (κ2) is 8.01. The number of piperazine rings is 1. The molecule has 1 amide bonds. The Morgan fingerprint density at radius 2 is 2.04 bits per heavy atom. The molecule has 0 unspecified atom stereocenters. The van der Waals surface area contributed by atoms with Gasteiger partial charge in [-0.1, -0.05) is 30.4 Å². The highest BCUT2D eigenvalue weighted by Crippen LogP contribution is 2.22. The van der Waals surface area contributed by atoms with Crippen LogP contribution in [0.25, 0.3) is 11.1 Å². The number of carbonyl (C=O) groups excluding carboxylic acids is 1. The number of aryl methyl sites for hydroxylation is 1. The number of benzene rings is 1. The van der Waals surface area contributed by atoms with Crippen molar-refractivity contribution in [2.24, 2.45) is 0 Å². The van der Waals surface area contributed by atoms with Crippen molar-refractivity contribution >= 4 is 39.5 Å². The minimum atomic E-state index is -0.0514. The summed E-state index contributed by atoms with van der Waals surface area (Å²) in [6.07, 6.45) is 1.91. The summed E-state index contributed by atoms with van der Waals surface area (Å²) in [5, 5.41) is 12.5. The van der Waals surface area contributed by atoms with Crippen molar-refractivity contribution in [1.29, 1.82) is 0 Å². The molecule has 1 saturated heterocycles. The predicted octanol–water partition coefficient (Wildman–Crippen LogP) is 2.39. The molecule has 142 valence electrons. The number of nitrogens with zero attached hydrogens (tertiary/aromatic N) is 5. The third-order valence-corrected chi connectivity index (χ3v) is 5.37. The van der Waals surface area contributed by atoms with Crippen LogP contribution in [0.4, 0.5) is 11.1 Å². The van der Waals surface area contributed by atoms with E-state index in [9.17, 15) is 4.79 Å². The van der Waals surface area contributed by atoms with Crippen molar-refractivity contribution in [1.82, 2.24) is 20.1 Å². The molecule has 0 bridgehead atoms. The van der Waals surface area contributed by atoms with E-state index in [2.05, 4.69) is 37.2 Å². The van der Waals surface area contributed by atoms with Crippen LogP contribution in [0, 0.1) is 0 Å². The lowest BCUT2D eigenvalue weighted by molar-refractivity contribution is -0.117. The van der Waals surface area contributed by atoms with E-state index in [-0.39, 0.29) is 5.91 Å². The minimum absolute atomic E-state index is 0.0514. The van der Waals surface area contributed by atoms with Gasteiger partial charge in [0, 0.05) is 32.6 Å². The van der Waals surface area contributed by atoms with Crippen LogP contribution in [0.15, 0.2) is 28.7 Å². The SMILES string of the molecule is CCCc1nnc(NC(=O)CN2CCN(c3nc4ccccc4o3)CC2)s1. The second-order valence-corrected chi connectivity index (χ2v) is 7.59. The van der Waals surface area contributed by atoms with E-state index in [0.717, 1.165) is 55.1 Å². The molecule has 27 heavy (non-hydrogen) atoms. The topological polar surface area (TPSA) is 87.4 Å². The molecule has 0 spiro atoms. The number of oxazole rings is 1. The highest BCUT2D eigenvalue weighted by molar-refractivity contribution is 7.15. The molecule has 8 nitrogen and oxygen atoms in total. The van der Waals surface area contributed by atoms with Gasteiger partial charge >= 0.3 is 0 Å². The number of para-hydroxylation sites is 2. The number of hydrogen-bond donors (Lipinski definition) is 1. The predicted molar refractivity (Wildman–Crippen MR) is 105 cm³/mol. The van der Waals surface area contributed by atoms with Crippen LogP contribution in [0.2, 0.25) is 0 Å². The van der Waals surface area contributed by atoms with Gasteiger partial charge in [-0.15, -0.1) is 10.2 Å². The molecular weight excluding hydrogens is 364 g/mol. The number of rotatable bonds is 6. The van der Waals surface area contributed by atoms with Crippen molar-refractivity contribution in [2.45, 2.75) is 19.8 Å². The average molecular weight is 386 g/mol. The van der Waals surface area contributed by atoms with E-state index in [4.69, 9.17) is 4.42 Å². The van der Waals surface area contributed by atoms with Gasteiger partial charge in [0.1, 0.15) is 10.5 Å². The molecule has 0 aliphatic carbocycles. The van der Waals surface area contributed by atoms with Gasteiger partial charge in [-0.2, -0.15) is 4.98 Å². The summed E-state index contributed by atoms with van der Waals surface area (Å²) in [7, 11) is 0. The number of fused-ring (bicyclic) bond motifs is 1. The Kier molecular flexibility index (Phi) is 5.30. The van der Waals surface area contributed by atoms with E-state index in [1.807, 2.05) is 24.3 Å². The molecule has 3 aromatic rings. The molecule has 0 radical (unpaired) electrons. The second-order valence-electron chi connectivity index (χ2n) is 6.53. The van der Waals surface area contributed by atoms with E-state index in [0.29, 0.717) is 17.7 Å². The summed E-state index contributed by atoms with van der Waals surface area (Å²) < 4.78 is 5.83. The lowest BCUT2D eigenvalue weighted by atomic mass is 10.3. The largest absolute Gasteiger partial charge is 0.423 e. The van der Waals surface area contributed by atoms with Crippen LogP contribution in [0.1, 0.15) is 18.4 Å². The van der Waals surface area contributed by atoms with Gasteiger partial charge in [0.15, 0.2) is 5.58 Å². The zero-order chi connectivity index (χ0) is 18.6. The van der Waals surface area contributed by atoms with Crippen LogP contribution in [0.3, 0.4) is 0 Å². The fraction of sp³-hybridized carbons (Fsp3) is 0.444. The van der Waals surface area contributed by atoms with Crippen LogP contribution in [0.5, 0.6) is 0 Å². The van der Waals surface area contributed by atoms with Gasteiger partial charge in [-0.05, 0) is 18.6 Å². The Bertz CT molecular complexity index is 882. The first kappa shape index (κ1) is 17.9. The van der Waals surface area contributed by atoms with Crippen molar-refractivity contribution in [3.63, 3.8) is 0 Å². The number of carbonyl (C=O) groups is 1. The number of aromatic nitrogens is 3. The Morgan fingerprint density at radius 1 is 1.22 bits per heavy atom. The number of anilines is 2. The van der Waals surface area contributed by atoms with Crippen LogP contribution in [-0.2, 0) is 11.2 Å². The fourth-order valence-corrected chi connectivity index (χ4v) is 3.93. The van der Waals surface area contributed by atoms with Crippen molar-refractivity contribution < 1.29 is 9.21 Å². The maximum atomic E-state index is 12.3. The third-order valence-electron chi connectivity index (χ3n) is 4.47. The maximum Gasteiger partial charge on any atom is 0.298 e. The molecule has 1 fully saturated rings. The zero-order valence-corrected chi connectivity index (χ0v) is 16.0. The van der Waals surface area contributed by atoms with Gasteiger partial charge in [-0.25, -0.2) is 0 Å². The van der Waals surface area contributed by atoms with E-state index in [1.54, 1.807) is 0 Å². The summed E-state index contributed by atoms with van der Waals surface area (Å²) in [5.74, 6) is -0.0514. The molecule has 9 heteroatoms. The van der Waals surface area contributed by atoms with Crippen molar-refractivity contribution in [3.8, 4) is 0 Å². The van der Waals surface area contributed by atoms with Crippen LogP contribution >= 0.6 is 11.3 Å². The Hall–Kier alpha value is -2.52. The Labute approximate surface area is 161 Å². The van der Waals surface area contributed by atoms with Gasteiger partial charge < -0.3 is 9.32 Å². The van der Waals surface area contributed by atoms with E-state index >= 15 is 0 Å². The molecule has 4 rings (SSSR count). The summed E-state index contributed by atoms with van der Waals surface area (Å²) >= 11 is 1.45. The fourth-order valence-electron chi connectivity index (χ4n) is 3.07. The Balaban J connectivity index is 1.27.